The summed E-state index contributed by atoms with van der Waals surface area (Å²) in [5.74, 6) is -0.844. The molecule has 2 aromatic carbocycles. The van der Waals surface area contributed by atoms with Crippen molar-refractivity contribution in [3.05, 3.63) is 64.7 Å². The Labute approximate surface area is 174 Å². The summed E-state index contributed by atoms with van der Waals surface area (Å²) in [4.78, 5) is 24.8. The highest BCUT2D eigenvalue weighted by molar-refractivity contribution is 5.95. The first-order chi connectivity index (χ1) is 13.4. The largest absolute Gasteiger partial charge is 0.452 e. The van der Waals surface area contributed by atoms with Gasteiger partial charge < -0.3 is 10.1 Å². The molecule has 2 rings (SSSR count). The lowest BCUT2D eigenvalue weighted by Crippen LogP contribution is -2.22. The van der Waals surface area contributed by atoms with Gasteiger partial charge in [-0.3, -0.25) is 4.79 Å². The van der Waals surface area contributed by atoms with Crippen LogP contribution in [0, 0.1) is 0 Å². The molecule has 2 aromatic rings. The first-order valence-corrected chi connectivity index (χ1v) is 10.1. The summed E-state index contributed by atoms with van der Waals surface area (Å²) >= 11 is 0. The second kappa shape index (κ2) is 8.81. The second-order valence-corrected chi connectivity index (χ2v) is 9.47. The standard InChI is InChI=1S/C25H33NO3/c1-8-17-9-11-21(12-10-17)26-22(27)16-29-23(28)18-13-19(24(2,3)4)15-20(14-18)25(5,6)7/h9-15H,8,16H2,1-7H3,(H,26,27). The van der Waals surface area contributed by atoms with Gasteiger partial charge in [0, 0.05) is 5.69 Å². The molecule has 0 atom stereocenters. The number of nitrogens with one attached hydrogen (secondary N) is 1. The lowest BCUT2D eigenvalue weighted by atomic mass is 9.79. The quantitative estimate of drug-likeness (QED) is 0.667. The lowest BCUT2D eigenvalue weighted by molar-refractivity contribution is -0.119. The molecular weight excluding hydrogens is 362 g/mol. The molecule has 0 fully saturated rings. The van der Waals surface area contributed by atoms with E-state index in [4.69, 9.17) is 4.74 Å². The van der Waals surface area contributed by atoms with Crippen LogP contribution in [0.1, 0.15) is 75.5 Å². The molecule has 0 aliphatic heterocycles. The van der Waals surface area contributed by atoms with Gasteiger partial charge in [0.2, 0.25) is 0 Å². The third kappa shape index (κ3) is 6.45. The summed E-state index contributed by atoms with van der Waals surface area (Å²) in [6, 6.07) is 13.5. The van der Waals surface area contributed by atoms with Crippen molar-refractivity contribution in [3.63, 3.8) is 0 Å². The zero-order valence-electron chi connectivity index (χ0n) is 18.7. The summed E-state index contributed by atoms with van der Waals surface area (Å²) in [7, 11) is 0. The van der Waals surface area contributed by atoms with Crippen LogP contribution in [0.3, 0.4) is 0 Å². The highest BCUT2D eigenvalue weighted by Gasteiger charge is 2.23. The van der Waals surface area contributed by atoms with E-state index in [-0.39, 0.29) is 23.3 Å². The minimum absolute atomic E-state index is 0.0989. The average molecular weight is 396 g/mol. The Hall–Kier alpha value is -2.62. The molecule has 0 saturated heterocycles. The summed E-state index contributed by atoms with van der Waals surface area (Å²) in [5.41, 5.74) is 4.30. The molecule has 0 aliphatic rings. The average Bonchev–Trinajstić information content (AvgIpc) is 2.65. The molecule has 1 amide bonds. The number of carbonyl (C=O) groups excluding carboxylic acids is 2. The van der Waals surface area contributed by atoms with Crippen molar-refractivity contribution in [1.29, 1.82) is 0 Å². The summed E-state index contributed by atoms with van der Waals surface area (Å²) < 4.78 is 5.29. The number of esters is 1. The number of anilines is 1. The summed E-state index contributed by atoms with van der Waals surface area (Å²) in [6.45, 7) is 14.4. The van der Waals surface area contributed by atoms with Crippen LogP contribution in [0.2, 0.25) is 0 Å². The van der Waals surface area contributed by atoms with E-state index >= 15 is 0 Å². The SMILES string of the molecule is CCc1ccc(NC(=O)COC(=O)c2cc(C(C)(C)C)cc(C(C)(C)C)c2)cc1. The van der Waals surface area contributed by atoms with Crippen molar-refractivity contribution >= 4 is 17.6 Å². The Morgan fingerprint density at radius 1 is 0.862 bits per heavy atom. The number of rotatable bonds is 5. The molecule has 0 unspecified atom stereocenters. The maximum atomic E-state index is 12.6. The van der Waals surface area contributed by atoms with Crippen LogP contribution in [0.4, 0.5) is 5.69 Å². The van der Waals surface area contributed by atoms with Crippen molar-refractivity contribution in [2.75, 3.05) is 11.9 Å². The van der Waals surface area contributed by atoms with E-state index in [0.29, 0.717) is 11.3 Å². The van der Waals surface area contributed by atoms with E-state index in [1.54, 1.807) is 0 Å². The van der Waals surface area contributed by atoms with Gasteiger partial charge in [0.25, 0.3) is 5.91 Å². The maximum absolute atomic E-state index is 12.6. The minimum Gasteiger partial charge on any atom is -0.452 e. The monoisotopic (exact) mass is 395 g/mol. The number of amides is 1. The van der Waals surface area contributed by atoms with Crippen LogP contribution >= 0.6 is 0 Å². The lowest BCUT2D eigenvalue weighted by Gasteiger charge is -2.25. The Balaban J connectivity index is 2.10. The second-order valence-electron chi connectivity index (χ2n) is 9.47. The smallest absolute Gasteiger partial charge is 0.338 e. The number of hydrogen-bond acceptors (Lipinski definition) is 3. The van der Waals surface area contributed by atoms with Gasteiger partial charge in [0.15, 0.2) is 6.61 Å². The van der Waals surface area contributed by atoms with Gasteiger partial charge in [-0.05, 0) is 58.2 Å². The molecule has 0 bridgehead atoms. The van der Waals surface area contributed by atoms with E-state index in [2.05, 4.69) is 59.8 Å². The van der Waals surface area contributed by atoms with Gasteiger partial charge >= 0.3 is 5.97 Å². The van der Waals surface area contributed by atoms with Crippen LogP contribution in [0.5, 0.6) is 0 Å². The van der Waals surface area contributed by atoms with Crippen LogP contribution in [-0.4, -0.2) is 18.5 Å². The van der Waals surface area contributed by atoms with Crippen LogP contribution in [0.25, 0.3) is 0 Å². The minimum atomic E-state index is -0.488. The van der Waals surface area contributed by atoms with Gasteiger partial charge in [0.05, 0.1) is 5.56 Å². The van der Waals surface area contributed by atoms with Gasteiger partial charge in [-0.1, -0.05) is 66.7 Å². The van der Waals surface area contributed by atoms with Crippen LogP contribution in [-0.2, 0) is 26.8 Å². The fourth-order valence-electron chi connectivity index (χ4n) is 2.85. The third-order valence-electron chi connectivity index (χ3n) is 4.88. The predicted molar refractivity (Wildman–Crippen MR) is 119 cm³/mol. The molecule has 4 heteroatoms. The van der Waals surface area contributed by atoms with Gasteiger partial charge in [-0.25, -0.2) is 4.79 Å². The Kier molecular flexibility index (Phi) is 6.89. The molecule has 156 valence electrons. The van der Waals surface area contributed by atoms with Gasteiger partial charge in [-0.15, -0.1) is 0 Å². The normalized spacial score (nSPS) is 11.8. The number of hydrogen-bond donors (Lipinski definition) is 1. The van der Waals surface area contributed by atoms with Crippen molar-refractivity contribution in [3.8, 4) is 0 Å². The van der Waals surface area contributed by atoms with E-state index in [1.165, 1.54) is 5.56 Å². The van der Waals surface area contributed by atoms with Gasteiger partial charge in [-0.2, -0.15) is 0 Å². The summed E-state index contributed by atoms with van der Waals surface area (Å²) in [6.07, 6.45) is 0.940. The molecule has 0 saturated carbocycles. The predicted octanol–water partition coefficient (Wildman–Crippen LogP) is 5.64. The highest BCUT2D eigenvalue weighted by Crippen LogP contribution is 2.30. The molecule has 29 heavy (non-hydrogen) atoms. The number of aryl methyl sites for hydroxylation is 1. The molecule has 4 nitrogen and oxygen atoms in total. The fourth-order valence-corrected chi connectivity index (χ4v) is 2.85. The first-order valence-electron chi connectivity index (χ1n) is 10.1. The van der Waals surface area contributed by atoms with E-state index in [0.717, 1.165) is 17.5 Å². The number of ether oxygens (including phenoxy) is 1. The molecule has 0 radical (unpaired) electrons. The van der Waals surface area contributed by atoms with E-state index < -0.39 is 5.97 Å². The third-order valence-corrected chi connectivity index (χ3v) is 4.88. The molecule has 0 aliphatic carbocycles. The first kappa shape index (κ1) is 22.7. The topological polar surface area (TPSA) is 55.4 Å². The van der Waals surface area contributed by atoms with Crippen molar-refractivity contribution in [1.82, 2.24) is 0 Å². The Morgan fingerprint density at radius 2 is 1.38 bits per heavy atom. The maximum Gasteiger partial charge on any atom is 0.338 e. The number of benzene rings is 2. The zero-order chi connectivity index (χ0) is 21.8. The van der Waals surface area contributed by atoms with E-state index in [1.807, 2.05) is 36.4 Å². The van der Waals surface area contributed by atoms with Crippen LogP contribution < -0.4 is 5.32 Å². The van der Waals surface area contributed by atoms with Crippen molar-refractivity contribution in [2.24, 2.45) is 0 Å². The number of carbonyl (C=O) groups is 2. The van der Waals surface area contributed by atoms with Crippen molar-refractivity contribution in [2.45, 2.75) is 65.7 Å². The zero-order valence-corrected chi connectivity index (χ0v) is 18.7. The summed E-state index contributed by atoms with van der Waals surface area (Å²) in [5, 5.41) is 2.76. The Morgan fingerprint density at radius 3 is 1.83 bits per heavy atom. The van der Waals surface area contributed by atoms with Crippen LogP contribution in [0.15, 0.2) is 42.5 Å². The van der Waals surface area contributed by atoms with E-state index in [9.17, 15) is 9.59 Å². The molecule has 0 heterocycles. The van der Waals surface area contributed by atoms with Crippen molar-refractivity contribution < 1.29 is 14.3 Å². The molecular formula is C25H33NO3. The highest BCUT2D eigenvalue weighted by atomic mass is 16.5. The van der Waals surface area contributed by atoms with Gasteiger partial charge in [0.1, 0.15) is 0 Å². The fraction of sp³-hybridized carbons (Fsp3) is 0.440. The molecule has 0 aromatic heterocycles. The molecule has 0 spiro atoms. The molecule has 1 N–H and O–H groups in total. The Bertz CT molecular complexity index is 836.